The Morgan fingerprint density at radius 1 is 0.675 bits per heavy atom. The summed E-state index contributed by atoms with van der Waals surface area (Å²) in [7, 11) is 0. The maximum absolute atomic E-state index is 14.2. The van der Waals surface area contributed by atoms with Crippen molar-refractivity contribution < 1.29 is 92.3 Å². The van der Waals surface area contributed by atoms with Gasteiger partial charge in [0.2, 0.25) is 5.41 Å². The summed E-state index contributed by atoms with van der Waals surface area (Å²) in [5.41, 5.74) is -24.7. The van der Waals surface area contributed by atoms with Gasteiger partial charge in [-0.25, -0.2) is 4.79 Å². The van der Waals surface area contributed by atoms with Crippen LogP contribution in [0, 0.1) is 11.3 Å². The smallest absolute Gasteiger partial charge is 0.417 e. The molecule has 1 aromatic carbocycles. The van der Waals surface area contributed by atoms with Crippen molar-refractivity contribution in [1.82, 2.24) is 0 Å². The summed E-state index contributed by atoms with van der Waals surface area (Å²) in [4.78, 5) is 46.8. The van der Waals surface area contributed by atoms with Gasteiger partial charge in [0.1, 0.15) is 5.92 Å². The van der Waals surface area contributed by atoms with E-state index in [0.717, 1.165) is 0 Å². The molecule has 0 aromatic heterocycles. The molecule has 40 heavy (non-hydrogen) atoms. The fraction of sp³-hybridized carbons (Fsp3) is 0.300. The van der Waals surface area contributed by atoms with E-state index in [9.17, 15) is 87.2 Å². The van der Waals surface area contributed by atoms with Crippen LogP contribution in [0.25, 0.3) is 5.57 Å². The fourth-order valence-corrected chi connectivity index (χ4v) is 4.08. The first-order chi connectivity index (χ1) is 17.7. The first-order valence-corrected chi connectivity index (χ1v) is 9.58. The van der Waals surface area contributed by atoms with Crippen molar-refractivity contribution in [3.63, 3.8) is 0 Å². The minimum Gasteiger partial charge on any atom is -0.481 e. The second-order valence-corrected chi connectivity index (χ2v) is 7.82. The molecule has 0 bridgehead atoms. The highest BCUT2D eigenvalue weighted by Crippen LogP contribution is 2.57. The summed E-state index contributed by atoms with van der Waals surface area (Å²) in [5, 5.41) is 37.1. The first kappa shape index (κ1) is 32.0. The molecule has 1 unspecified atom stereocenters. The molecule has 1 aliphatic rings. The Labute approximate surface area is 210 Å². The predicted octanol–water partition coefficient (Wildman–Crippen LogP) is 5.10. The highest BCUT2D eigenvalue weighted by atomic mass is 19.4. The van der Waals surface area contributed by atoms with Crippen LogP contribution in [0.15, 0.2) is 29.4 Å². The lowest BCUT2D eigenvalue weighted by molar-refractivity contribution is -0.183. The third-order valence-electron chi connectivity index (χ3n) is 5.53. The summed E-state index contributed by atoms with van der Waals surface area (Å²) < 4.78 is 166. The zero-order valence-electron chi connectivity index (χ0n) is 18.3. The summed E-state index contributed by atoms with van der Waals surface area (Å²) in [6, 6.07) is -1.58. The van der Waals surface area contributed by atoms with Crippen molar-refractivity contribution in [1.29, 1.82) is 0 Å². The maximum Gasteiger partial charge on any atom is 0.417 e. The monoisotopic (exact) mass is 604 g/mol. The number of aromatic carboxylic acids is 1. The number of hydrogen-bond donors (Lipinski definition) is 4. The van der Waals surface area contributed by atoms with Gasteiger partial charge in [-0.3, -0.25) is 14.4 Å². The number of halogens is 12. The van der Waals surface area contributed by atoms with E-state index in [1.54, 1.807) is 0 Å². The van der Waals surface area contributed by atoms with E-state index >= 15 is 0 Å². The van der Waals surface area contributed by atoms with Gasteiger partial charge in [0.15, 0.2) is 0 Å². The van der Waals surface area contributed by atoms with Crippen molar-refractivity contribution in [2.24, 2.45) is 11.3 Å². The van der Waals surface area contributed by atoms with E-state index in [2.05, 4.69) is 0 Å². The molecule has 0 heterocycles. The van der Waals surface area contributed by atoms with Crippen LogP contribution in [0.1, 0.15) is 27.0 Å². The lowest BCUT2D eigenvalue weighted by Gasteiger charge is -2.40. The van der Waals surface area contributed by atoms with E-state index < -0.39 is 117 Å². The molecule has 0 saturated carbocycles. The molecular formula is C20H8F12O8. The van der Waals surface area contributed by atoms with E-state index in [0.29, 0.717) is 0 Å². The van der Waals surface area contributed by atoms with Crippen LogP contribution in [0.5, 0.6) is 0 Å². The normalized spacial score (nSPS) is 18.3. The molecule has 1 aliphatic carbocycles. The van der Waals surface area contributed by atoms with Gasteiger partial charge >= 0.3 is 48.6 Å². The lowest BCUT2D eigenvalue weighted by atomic mass is 9.61. The highest BCUT2D eigenvalue weighted by molar-refractivity contribution is 6.10. The number of carboxylic acids is 4. The van der Waals surface area contributed by atoms with Crippen LogP contribution in [0.4, 0.5) is 52.7 Å². The average molecular weight is 604 g/mol. The third kappa shape index (κ3) is 5.16. The Morgan fingerprint density at radius 2 is 1.15 bits per heavy atom. The van der Waals surface area contributed by atoms with Crippen LogP contribution >= 0.6 is 0 Å². The molecular weight excluding hydrogens is 596 g/mol. The minimum atomic E-state index is -6.53. The topological polar surface area (TPSA) is 149 Å². The molecule has 0 spiro atoms. The van der Waals surface area contributed by atoms with Gasteiger partial charge < -0.3 is 20.4 Å². The summed E-state index contributed by atoms with van der Waals surface area (Å²) in [6.07, 6.45) is -26.3. The van der Waals surface area contributed by atoms with Gasteiger partial charge in [-0.15, -0.1) is 0 Å². The van der Waals surface area contributed by atoms with Crippen molar-refractivity contribution in [2.75, 3.05) is 0 Å². The van der Waals surface area contributed by atoms with Crippen molar-refractivity contribution >= 4 is 29.5 Å². The summed E-state index contributed by atoms with van der Waals surface area (Å²) >= 11 is 0. The minimum absolute atomic E-state index is 0.715. The lowest BCUT2D eigenvalue weighted by Crippen LogP contribution is -2.56. The van der Waals surface area contributed by atoms with Gasteiger partial charge in [0.05, 0.1) is 27.8 Å². The van der Waals surface area contributed by atoms with Crippen LogP contribution in [-0.4, -0.2) is 56.7 Å². The predicted molar refractivity (Wildman–Crippen MR) is 99.3 cm³/mol. The zero-order valence-corrected chi connectivity index (χ0v) is 18.3. The average Bonchev–Trinajstić information content (AvgIpc) is 2.73. The van der Waals surface area contributed by atoms with Crippen LogP contribution in [-0.2, 0) is 26.7 Å². The Morgan fingerprint density at radius 3 is 1.45 bits per heavy atom. The SMILES string of the molecule is O=C(O)c1cc(C(F)(F)F)cc(C2=C(C(F)(F)F)C(C(=O)O)C(C(=O)O)(C(=O)O)C(C(F)(F)F)=C2)c1C(F)(F)F. The molecule has 1 aromatic rings. The van der Waals surface area contributed by atoms with E-state index in [4.69, 9.17) is 5.11 Å². The standard InChI is InChI=1S/C20H8F12O8/c21-17(22,23)4-1-5(9(19(27,28)29)7(2-4)12(33)34)6-3-8(18(24,25)26)16(14(37)38,15(39)40)11(13(35)36)10(6)20(30,31)32/h1-3,11H,(H,33,34)(H,35,36)(H,37,38)(H,39,40). The van der Waals surface area contributed by atoms with E-state index in [1.807, 2.05) is 0 Å². The van der Waals surface area contributed by atoms with Crippen molar-refractivity contribution in [3.8, 4) is 0 Å². The fourth-order valence-electron chi connectivity index (χ4n) is 4.08. The summed E-state index contributed by atoms with van der Waals surface area (Å²) in [6.45, 7) is 0. The molecule has 1 atom stereocenters. The largest absolute Gasteiger partial charge is 0.481 e. The molecule has 0 aliphatic heterocycles. The number of allylic oxidation sites excluding steroid dienone is 2. The van der Waals surface area contributed by atoms with Gasteiger partial charge in [0, 0.05) is 0 Å². The molecule has 0 fully saturated rings. The number of carboxylic acid groups (broad SMARTS) is 4. The van der Waals surface area contributed by atoms with Gasteiger partial charge in [-0.05, 0) is 29.3 Å². The number of benzene rings is 1. The number of carbonyl (C=O) groups is 4. The molecule has 220 valence electrons. The Kier molecular flexibility index (Phi) is 7.54. The maximum atomic E-state index is 14.2. The van der Waals surface area contributed by atoms with Crippen molar-refractivity contribution in [2.45, 2.75) is 24.7 Å². The van der Waals surface area contributed by atoms with Crippen molar-refractivity contribution in [3.05, 3.63) is 51.6 Å². The van der Waals surface area contributed by atoms with Gasteiger partial charge in [-0.1, -0.05) is 0 Å². The number of aliphatic carboxylic acids is 3. The molecule has 20 heteroatoms. The zero-order chi connectivity index (χ0) is 31.5. The number of rotatable bonds is 5. The first-order valence-electron chi connectivity index (χ1n) is 9.58. The Hall–Kier alpha value is -4.26. The highest BCUT2D eigenvalue weighted by Gasteiger charge is 2.70. The quantitative estimate of drug-likeness (QED) is 0.268. The van der Waals surface area contributed by atoms with Gasteiger partial charge in [0.25, 0.3) is 0 Å². The molecule has 0 amide bonds. The Bertz CT molecular complexity index is 1350. The molecule has 2 rings (SSSR count). The number of hydrogen-bond acceptors (Lipinski definition) is 4. The second kappa shape index (κ2) is 9.44. The van der Waals surface area contributed by atoms with E-state index in [-0.39, 0.29) is 0 Å². The molecule has 0 radical (unpaired) electrons. The third-order valence-corrected chi connectivity index (χ3v) is 5.53. The van der Waals surface area contributed by atoms with E-state index in [1.165, 1.54) is 0 Å². The van der Waals surface area contributed by atoms with Crippen LogP contribution in [0.3, 0.4) is 0 Å². The number of alkyl halides is 12. The van der Waals surface area contributed by atoms with Gasteiger partial charge in [-0.2, -0.15) is 52.7 Å². The van der Waals surface area contributed by atoms with Crippen LogP contribution < -0.4 is 0 Å². The second-order valence-electron chi connectivity index (χ2n) is 7.82. The van der Waals surface area contributed by atoms with Crippen LogP contribution in [0.2, 0.25) is 0 Å². The summed E-state index contributed by atoms with van der Waals surface area (Å²) in [5.74, 6) is -17.4. The Balaban J connectivity index is 3.50. The molecule has 4 N–H and O–H groups in total. The molecule has 8 nitrogen and oxygen atoms in total. The molecule has 0 saturated heterocycles.